The topological polar surface area (TPSA) is 44.1 Å². The summed E-state index contributed by atoms with van der Waals surface area (Å²) < 4.78 is 7.71. The third kappa shape index (κ3) is 1.75. The van der Waals surface area contributed by atoms with Crippen molar-refractivity contribution in [1.29, 1.82) is 0 Å². The molecule has 1 spiro atoms. The standard InChI is InChI=1S/C19H20N2O2/c22-18-15(5-6-19(18)7-9-23-10-8-19)17-14-4-2-1-3-13(14)16-11-20-12-21(16)17/h1-4,11-12,15,17H,5-10H2. The zero-order valence-corrected chi connectivity index (χ0v) is 13.1. The number of Topliss-reactive ketones (excluding diaryl/α,β-unsaturated/α-hetero) is 1. The van der Waals surface area contributed by atoms with Gasteiger partial charge in [-0.15, -0.1) is 0 Å². The molecule has 5 rings (SSSR count). The van der Waals surface area contributed by atoms with Crippen LogP contribution in [0.2, 0.25) is 0 Å². The van der Waals surface area contributed by atoms with Crippen LogP contribution in [0.3, 0.4) is 0 Å². The van der Waals surface area contributed by atoms with E-state index < -0.39 is 0 Å². The Hall–Kier alpha value is -1.94. The fourth-order valence-electron chi connectivity index (χ4n) is 4.92. The molecule has 2 aromatic rings. The molecule has 2 fully saturated rings. The molecule has 3 heterocycles. The van der Waals surface area contributed by atoms with Crippen molar-refractivity contribution in [2.45, 2.75) is 31.7 Å². The maximum Gasteiger partial charge on any atom is 0.144 e. The number of carbonyl (C=O) groups is 1. The van der Waals surface area contributed by atoms with Crippen LogP contribution in [-0.2, 0) is 9.53 Å². The van der Waals surface area contributed by atoms with Crippen molar-refractivity contribution in [3.63, 3.8) is 0 Å². The van der Waals surface area contributed by atoms with E-state index in [-0.39, 0.29) is 17.4 Å². The van der Waals surface area contributed by atoms with E-state index in [1.165, 1.54) is 11.1 Å². The summed E-state index contributed by atoms with van der Waals surface area (Å²) >= 11 is 0. The number of nitrogens with zero attached hydrogens (tertiary/aromatic N) is 2. The molecule has 0 radical (unpaired) electrons. The molecule has 2 aliphatic heterocycles. The maximum atomic E-state index is 13.3. The number of ketones is 1. The molecule has 1 saturated carbocycles. The molecule has 0 N–H and O–H groups in total. The molecule has 1 saturated heterocycles. The van der Waals surface area contributed by atoms with Crippen LogP contribution >= 0.6 is 0 Å². The van der Waals surface area contributed by atoms with Gasteiger partial charge in [-0.2, -0.15) is 0 Å². The van der Waals surface area contributed by atoms with Gasteiger partial charge in [0.05, 0.1) is 24.3 Å². The number of imidazole rings is 1. The number of benzene rings is 1. The van der Waals surface area contributed by atoms with Crippen molar-refractivity contribution >= 4 is 5.78 Å². The summed E-state index contributed by atoms with van der Waals surface area (Å²) in [6, 6.07) is 8.59. The van der Waals surface area contributed by atoms with Crippen molar-refractivity contribution in [1.82, 2.24) is 9.55 Å². The van der Waals surface area contributed by atoms with Crippen LogP contribution in [0.25, 0.3) is 11.3 Å². The highest BCUT2D eigenvalue weighted by molar-refractivity contribution is 5.91. The van der Waals surface area contributed by atoms with Crippen molar-refractivity contribution < 1.29 is 9.53 Å². The molecule has 0 bridgehead atoms. The average molecular weight is 308 g/mol. The minimum Gasteiger partial charge on any atom is -0.381 e. The van der Waals surface area contributed by atoms with Crippen LogP contribution in [0.15, 0.2) is 36.8 Å². The predicted molar refractivity (Wildman–Crippen MR) is 86.0 cm³/mol. The quantitative estimate of drug-likeness (QED) is 0.812. The first-order valence-corrected chi connectivity index (χ1v) is 8.53. The Morgan fingerprint density at radius 2 is 2.00 bits per heavy atom. The Morgan fingerprint density at radius 3 is 2.87 bits per heavy atom. The minimum absolute atomic E-state index is 0.0738. The molecule has 1 aromatic carbocycles. The normalized spacial score (nSPS) is 28.1. The van der Waals surface area contributed by atoms with Gasteiger partial charge < -0.3 is 9.30 Å². The lowest BCUT2D eigenvalue weighted by Crippen LogP contribution is -2.36. The SMILES string of the molecule is O=C1C(C2c3ccccc3-c3cncn32)CCC12CCOCC2. The second-order valence-electron chi connectivity index (χ2n) is 7.12. The smallest absolute Gasteiger partial charge is 0.144 e. The van der Waals surface area contributed by atoms with Crippen LogP contribution in [0.5, 0.6) is 0 Å². The van der Waals surface area contributed by atoms with Crippen LogP contribution in [0.4, 0.5) is 0 Å². The summed E-state index contributed by atoms with van der Waals surface area (Å²) in [4.78, 5) is 17.6. The fraction of sp³-hybridized carbons (Fsp3) is 0.474. The lowest BCUT2D eigenvalue weighted by molar-refractivity contribution is -0.134. The number of ether oxygens (including phenoxy) is 1. The average Bonchev–Trinajstić information content (AvgIpc) is 3.25. The van der Waals surface area contributed by atoms with Gasteiger partial charge in [0.1, 0.15) is 5.78 Å². The molecular formula is C19H20N2O2. The second kappa shape index (κ2) is 4.78. The molecule has 2 atom stereocenters. The van der Waals surface area contributed by atoms with Gasteiger partial charge in [-0.25, -0.2) is 4.98 Å². The number of hydrogen-bond acceptors (Lipinski definition) is 3. The number of aromatic nitrogens is 2. The van der Waals surface area contributed by atoms with Gasteiger partial charge >= 0.3 is 0 Å². The number of fused-ring (bicyclic) bond motifs is 3. The Labute approximate surface area is 135 Å². The van der Waals surface area contributed by atoms with Crippen molar-refractivity contribution in [3.8, 4) is 11.3 Å². The summed E-state index contributed by atoms with van der Waals surface area (Å²) in [5, 5.41) is 0. The largest absolute Gasteiger partial charge is 0.381 e. The van der Waals surface area contributed by atoms with Crippen LogP contribution < -0.4 is 0 Å². The lowest BCUT2D eigenvalue weighted by Gasteiger charge is -2.32. The third-order valence-electron chi connectivity index (χ3n) is 6.15. The molecule has 118 valence electrons. The summed E-state index contributed by atoms with van der Waals surface area (Å²) in [6.45, 7) is 1.46. The number of hydrogen-bond donors (Lipinski definition) is 0. The maximum absolute atomic E-state index is 13.3. The first kappa shape index (κ1) is 13.5. The molecule has 1 aliphatic carbocycles. The highest BCUT2D eigenvalue weighted by Gasteiger charge is 2.52. The zero-order chi connectivity index (χ0) is 15.4. The van der Waals surface area contributed by atoms with Gasteiger partial charge in [-0.3, -0.25) is 4.79 Å². The summed E-state index contributed by atoms with van der Waals surface area (Å²) in [5.41, 5.74) is 3.54. The van der Waals surface area contributed by atoms with Gasteiger partial charge in [0.25, 0.3) is 0 Å². The van der Waals surface area contributed by atoms with E-state index in [2.05, 4.69) is 33.8 Å². The molecule has 23 heavy (non-hydrogen) atoms. The van der Waals surface area contributed by atoms with E-state index in [9.17, 15) is 4.79 Å². The fourth-order valence-corrected chi connectivity index (χ4v) is 4.92. The Morgan fingerprint density at radius 1 is 1.17 bits per heavy atom. The molecule has 0 amide bonds. The molecular weight excluding hydrogens is 288 g/mol. The summed E-state index contributed by atoms with van der Waals surface area (Å²) in [6.07, 6.45) is 7.60. The predicted octanol–water partition coefficient (Wildman–Crippen LogP) is 3.23. The lowest BCUT2D eigenvalue weighted by atomic mass is 9.76. The van der Waals surface area contributed by atoms with E-state index in [1.807, 2.05) is 12.5 Å². The highest BCUT2D eigenvalue weighted by Crippen LogP contribution is 2.53. The van der Waals surface area contributed by atoms with E-state index >= 15 is 0 Å². The molecule has 1 aromatic heterocycles. The number of rotatable bonds is 1. The van der Waals surface area contributed by atoms with Gasteiger partial charge in [0.15, 0.2) is 0 Å². The molecule has 2 unspecified atom stereocenters. The monoisotopic (exact) mass is 308 g/mol. The Balaban J connectivity index is 1.57. The summed E-state index contributed by atoms with van der Waals surface area (Å²) in [7, 11) is 0. The Bertz CT molecular complexity index is 773. The van der Waals surface area contributed by atoms with Crippen LogP contribution in [-0.4, -0.2) is 28.5 Å². The first-order valence-electron chi connectivity index (χ1n) is 8.53. The zero-order valence-electron chi connectivity index (χ0n) is 13.1. The molecule has 4 heteroatoms. The molecule has 3 aliphatic rings. The van der Waals surface area contributed by atoms with Crippen molar-refractivity contribution in [2.24, 2.45) is 11.3 Å². The van der Waals surface area contributed by atoms with Gasteiger partial charge in [0.2, 0.25) is 0 Å². The number of carbonyl (C=O) groups excluding carboxylic acids is 1. The first-order chi connectivity index (χ1) is 11.3. The van der Waals surface area contributed by atoms with Crippen LogP contribution in [0.1, 0.15) is 37.3 Å². The van der Waals surface area contributed by atoms with E-state index in [1.54, 1.807) is 0 Å². The van der Waals surface area contributed by atoms with Crippen molar-refractivity contribution in [2.75, 3.05) is 13.2 Å². The van der Waals surface area contributed by atoms with E-state index in [4.69, 9.17) is 4.74 Å². The minimum atomic E-state index is -0.124. The van der Waals surface area contributed by atoms with Gasteiger partial charge in [0, 0.05) is 30.1 Å². The van der Waals surface area contributed by atoms with E-state index in [0.29, 0.717) is 5.78 Å². The molecule has 4 nitrogen and oxygen atoms in total. The second-order valence-corrected chi connectivity index (χ2v) is 7.12. The highest BCUT2D eigenvalue weighted by atomic mass is 16.5. The third-order valence-corrected chi connectivity index (χ3v) is 6.15. The van der Waals surface area contributed by atoms with Crippen LogP contribution in [0, 0.1) is 11.3 Å². The van der Waals surface area contributed by atoms with Crippen molar-refractivity contribution in [3.05, 3.63) is 42.4 Å². The van der Waals surface area contributed by atoms with E-state index in [0.717, 1.165) is 44.6 Å². The summed E-state index contributed by atoms with van der Waals surface area (Å²) in [5.74, 6) is 0.534. The van der Waals surface area contributed by atoms with Gasteiger partial charge in [-0.05, 0) is 31.2 Å². The van der Waals surface area contributed by atoms with Gasteiger partial charge in [-0.1, -0.05) is 24.3 Å². The Kier molecular flexibility index (Phi) is 2.80.